The van der Waals surface area contributed by atoms with Crippen LogP contribution in [0.4, 0.5) is 5.69 Å². The Morgan fingerprint density at radius 3 is 2.26 bits per heavy atom. The van der Waals surface area contributed by atoms with Gasteiger partial charge in [0, 0.05) is 18.1 Å². The number of anilines is 1. The molecule has 3 aromatic rings. The Morgan fingerprint density at radius 1 is 0.974 bits per heavy atom. The number of benzene rings is 3. The maximum Gasteiger partial charge on any atom is 0.264 e. The van der Waals surface area contributed by atoms with Crippen LogP contribution in [0, 0.1) is 13.8 Å². The van der Waals surface area contributed by atoms with Gasteiger partial charge in [0.05, 0.1) is 10.6 Å². The smallest absolute Gasteiger partial charge is 0.264 e. The molecule has 0 radical (unpaired) electrons. The zero-order valence-corrected chi connectivity index (χ0v) is 24.4. The molecule has 0 saturated heterocycles. The van der Waals surface area contributed by atoms with E-state index in [1.54, 1.807) is 37.3 Å². The summed E-state index contributed by atoms with van der Waals surface area (Å²) < 4.78 is 28.8. The lowest BCUT2D eigenvalue weighted by Crippen LogP contribution is -2.52. The van der Waals surface area contributed by atoms with Gasteiger partial charge in [-0.1, -0.05) is 72.6 Å². The van der Waals surface area contributed by atoms with E-state index in [9.17, 15) is 18.0 Å². The summed E-state index contributed by atoms with van der Waals surface area (Å²) in [5.41, 5.74) is 2.97. The predicted molar refractivity (Wildman–Crippen MR) is 157 cm³/mol. The summed E-state index contributed by atoms with van der Waals surface area (Å²) in [6, 6.07) is 20.2. The molecule has 0 aliphatic rings. The minimum atomic E-state index is -4.13. The molecule has 39 heavy (non-hydrogen) atoms. The topological polar surface area (TPSA) is 86.8 Å². The van der Waals surface area contributed by atoms with Gasteiger partial charge in [-0.25, -0.2) is 8.42 Å². The van der Waals surface area contributed by atoms with Crippen LogP contribution in [0.3, 0.4) is 0 Å². The van der Waals surface area contributed by atoms with Crippen molar-refractivity contribution in [2.24, 2.45) is 0 Å². The molecule has 0 aliphatic heterocycles. The van der Waals surface area contributed by atoms with Crippen molar-refractivity contribution in [3.8, 4) is 0 Å². The standard InChI is InChI=1S/C30H36ClN3O4S/c1-5-18-32-30(36)24(4)33(19-17-25-9-7-6-8-10-25)29(35)21-34(26-14-13-23(3)28(31)20-26)39(37,38)27-15-11-22(2)12-16-27/h6-16,20,24H,5,17-19,21H2,1-4H3,(H,32,36). The van der Waals surface area contributed by atoms with Crippen molar-refractivity contribution < 1.29 is 18.0 Å². The second-order valence-corrected chi connectivity index (χ2v) is 11.8. The summed E-state index contributed by atoms with van der Waals surface area (Å²) in [6.45, 7) is 7.54. The van der Waals surface area contributed by atoms with Gasteiger partial charge >= 0.3 is 0 Å². The Morgan fingerprint density at radius 2 is 1.64 bits per heavy atom. The molecule has 2 amide bonds. The van der Waals surface area contributed by atoms with Gasteiger partial charge in [0.2, 0.25) is 11.8 Å². The highest BCUT2D eigenvalue weighted by Crippen LogP contribution is 2.28. The monoisotopic (exact) mass is 569 g/mol. The molecule has 7 nitrogen and oxygen atoms in total. The highest BCUT2D eigenvalue weighted by atomic mass is 35.5. The molecule has 3 rings (SSSR count). The molecular formula is C30H36ClN3O4S. The largest absolute Gasteiger partial charge is 0.354 e. The lowest BCUT2D eigenvalue weighted by atomic mass is 10.1. The quantitative estimate of drug-likeness (QED) is 0.327. The molecule has 208 valence electrons. The van der Waals surface area contributed by atoms with Crippen LogP contribution in [-0.2, 0) is 26.0 Å². The highest BCUT2D eigenvalue weighted by molar-refractivity contribution is 7.92. The third-order valence-corrected chi connectivity index (χ3v) is 8.73. The third-order valence-electron chi connectivity index (χ3n) is 6.53. The molecule has 0 fully saturated rings. The van der Waals surface area contributed by atoms with Crippen LogP contribution < -0.4 is 9.62 Å². The van der Waals surface area contributed by atoms with Crippen LogP contribution >= 0.6 is 11.6 Å². The van der Waals surface area contributed by atoms with Gasteiger partial charge in [0.1, 0.15) is 12.6 Å². The fraction of sp³-hybridized carbons (Fsp3) is 0.333. The number of hydrogen-bond acceptors (Lipinski definition) is 4. The van der Waals surface area contributed by atoms with Crippen molar-refractivity contribution in [1.29, 1.82) is 0 Å². The first-order valence-electron chi connectivity index (χ1n) is 13.0. The molecule has 0 aliphatic carbocycles. The van der Waals surface area contributed by atoms with E-state index >= 15 is 0 Å². The summed E-state index contributed by atoms with van der Waals surface area (Å²) in [4.78, 5) is 28.3. The first-order chi connectivity index (χ1) is 18.5. The van der Waals surface area contributed by atoms with Gasteiger partial charge in [0.15, 0.2) is 0 Å². The average molecular weight is 570 g/mol. The number of rotatable bonds is 12. The maximum atomic E-state index is 13.9. The van der Waals surface area contributed by atoms with Gasteiger partial charge in [-0.15, -0.1) is 0 Å². The second-order valence-electron chi connectivity index (χ2n) is 9.55. The van der Waals surface area contributed by atoms with Crippen LogP contribution in [0.2, 0.25) is 5.02 Å². The highest BCUT2D eigenvalue weighted by Gasteiger charge is 2.32. The summed E-state index contributed by atoms with van der Waals surface area (Å²) in [5.74, 6) is -0.776. The first kappa shape index (κ1) is 30.2. The molecule has 1 N–H and O–H groups in total. The lowest BCUT2D eigenvalue weighted by molar-refractivity contribution is -0.138. The number of aryl methyl sites for hydroxylation is 2. The fourth-order valence-electron chi connectivity index (χ4n) is 4.07. The number of amides is 2. The summed E-state index contributed by atoms with van der Waals surface area (Å²) in [7, 11) is -4.13. The first-order valence-corrected chi connectivity index (χ1v) is 14.8. The molecule has 1 unspecified atom stereocenters. The van der Waals surface area contributed by atoms with Crippen molar-refractivity contribution >= 4 is 39.1 Å². The van der Waals surface area contributed by atoms with E-state index in [-0.39, 0.29) is 23.0 Å². The van der Waals surface area contributed by atoms with Gasteiger partial charge in [-0.05, 0) is 69.0 Å². The Labute approximate surface area is 236 Å². The van der Waals surface area contributed by atoms with Crippen LogP contribution in [0.25, 0.3) is 0 Å². The molecule has 0 aromatic heterocycles. The SMILES string of the molecule is CCCNC(=O)C(C)N(CCc1ccccc1)C(=O)CN(c1ccc(C)c(Cl)c1)S(=O)(=O)c1ccc(C)cc1. The number of carbonyl (C=O) groups is 2. The van der Waals surface area contributed by atoms with E-state index in [0.717, 1.165) is 27.4 Å². The van der Waals surface area contributed by atoms with Gasteiger partial charge in [-0.3, -0.25) is 13.9 Å². The third kappa shape index (κ3) is 7.83. The maximum absolute atomic E-state index is 13.9. The van der Waals surface area contributed by atoms with Gasteiger partial charge < -0.3 is 10.2 Å². The van der Waals surface area contributed by atoms with Crippen LogP contribution in [-0.4, -0.2) is 50.8 Å². The van der Waals surface area contributed by atoms with Gasteiger partial charge in [-0.2, -0.15) is 0 Å². The molecule has 0 saturated carbocycles. The minimum absolute atomic E-state index is 0.0576. The molecule has 9 heteroatoms. The summed E-state index contributed by atoms with van der Waals surface area (Å²) in [5, 5.41) is 3.23. The van der Waals surface area contributed by atoms with Crippen LogP contribution in [0.1, 0.15) is 37.0 Å². The van der Waals surface area contributed by atoms with Crippen molar-refractivity contribution in [3.05, 3.63) is 94.5 Å². The van der Waals surface area contributed by atoms with Gasteiger partial charge in [0.25, 0.3) is 10.0 Å². The Bertz CT molecular complexity index is 1380. The molecule has 0 bridgehead atoms. The Kier molecular flexibility index (Phi) is 10.5. The van der Waals surface area contributed by atoms with E-state index in [1.807, 2.05) is 51.1 Å². The zero-order chi connectivity index (χ0) is 28.6. The Balaban J connectivity index is 1.99. The number of hydrogen-bond donors (Lipinski definition) is 1. The van der Waals surface area contributed by atoms with E-state index in [4.69, 9.17) is 11.6 Å². The van der Waals surface area contributed by atoms with E-state index in [1.165, 1.54) is 17.0 Å². The molecule has 1 atom stereocenters. The van der Waals surface area contributed by atoms with E-state index in [2.05, 4.69) is 5.32 Å². The molecule has 0 spiro atoms. The lowest BCUT2D eigenvalue weighted by Gasteiger charge is -2.32. The normalized spacial score (nSPS) is 12.0. The number of sulfonamides is 1. The summed E-state index contributed by atoms with van der Waals surface area (Å²) >= 11 is 6.36. The van der Waals surface area contributed by atoms with Crippen molar-refractivity contribution in [2.75, 3.05) is 23.9 Å². The average Bonchev–Trinajstić information content (AvgIpc) is 2.92. The number of halogens is 1. The number of nitrogens with one attached hydrogen (secondary N) is 1. The zero-order valence-electron chi connectivity index (χ0n) is 22.9. The second kappa shape index (κ2) is 13.6. The van der Waals surface area contributed by atoms with E-state index < -0.39 is 28.5 Å². The van der Waals surface area contributed by atoms with Crippen LogP contribution in [0.15, 0.2) is 77.7 Å². The fourth-order valence-corrected chi connectivity index (χ4v) is 5.65. The van der Waals surface area contributed by atoms with Crippen molar-refractivity contribution in [1.82, 2.24) is 10.2 Å². The molecule has 0 heterocycles. The predicted octanol–water partition coefficient (Wildman–Crippen LogP) is 5.14. The van der Waals surface area contributed by atoms with Crippen LogP contribution in [0.5, 0.6) is 0 Å². The molecule has 3 aromatic carbocycles. The van der Waals surface area contributed by atoms with Crippen molar-refractivity contribution in [2.45, 2.75) is 51.5 Å². The minimum Gasteiger partial charge on any atom is -0.354 e. The summed E-state index contributed by atoms with van der Waals surface area (Å²) in [6.07, 6.45) is 1.27. The number of carbonyl (C=O) groups excluding carboxylic acids is 2. The van der Waals surface area contributed by atoms with Crippen molar-refractivity contribution in [3.63, 3.8) is 0 Å². The van der Waals surface area contributed by atoms with E-state index in [0.29, 0.717) is 18.0 Å². The number of nitrogens with zero attached hydrogens (tertiary/aromatic N) is 2. The molecular weight excluding hydrogens is 534 g/mol. The Hall–Kier alpha value is -3.36.